The molecule has 0 aromatic heterocycles. The molecular weight excluding hydrogens is 306 g/mol. The van der Waals surface area contributed by atoms with Crippen molar-refractivity contribution in [3.63, 3.8) is 0 Å². The van der Waals surface area contributed by atoms with Gasteiger partial charge in [0.1, 0.15) is 11.8 Å². The zero-order valence-electron chi connectivity index (χ0n) is 13.7. The minimum Gasteiger partial charge on any atom is -0.484 e. The Hall–Kier alpha value is -3.02. The van der Waals surface area contributed by atoms with E-state index in [2.05, 4.69) is 10.6 Å². The van der Waals surface area contributed by atoms with Crippen LogP contribution in [-0.4, -0.2) is 24.5 Å². The summed E-state index contributed by atoms with van der Waals surface area (Å²) in [6, 6.07) is 14.2. The second-order valence-corrected chi connectivity index (χ2v) is 5.45. The molecule has 2 rings (SSSR count). The summed E-state index contributed by atoms with van der Waals surface area (Å²) in [5.74, 6) is -0.117. The number of rotatable bonds is 7. The molecule has 6 nitrogen and oxygen atoms in total. The van der Waals surface area contributed by atoms with Crippen LogP contribution in [0, 0.1) is 6.92 Å². The highest BCUT2D eigenvalue weighted by molar-refractivity contribution is 5.96. The lowest BCUT2D eigenvalue weighted by molar-refractivity contribution is -0.120. The second-order valence-electron chi connectivity index (χ2n) is 5.45. The van der Waals surface area contributed by atoms with E-state index in [1.807, 2.05) is 31.2 Å². The Balaban J connectivity index is 1.91. The molecule has 0 radical (unpaired) electrons. The van der Waals surface area contributed by atoms with E-state index < -0.39 is 11.9 Å². The average Bonchev–Trinajstić information content (AvgIpc) is 2.56. The van der Waals surface area contributed by atoms with Crippen molar-refractivity contribution in [2.45, 2.75) is 19.9 Å². The van der Waals surface area contributed by atoms with Gasteiger partial charge in [-0.25, -0.2) is 0 Å². The summed E-state index contributed by atoms with van der Waals surface area (Å²) in [7, 11) is 0. The van der Waals surface area contributed by atoms with Crippen molar-refractivity contribution in [1.82, 2.24) is 0 Å². The number of hydrogen-bond acceptors (Lipinski definition) is 4. The van der Waals surface area contributed by atoms with Gasteiger partial charge < -0.3 is 21.1 Å². The zero-order valence-corrected chi connectivity index (χ0v) is 13.7. The van der Waals surface area contributed by atoms with Crippen molar-refractivity contribution in [1.29, 1.82) is 0 Å². The fourth-order valence-electron chi connectivity index (χ4n) is 2.07. The molecule has 1 atom stereocenters. The fourth-order valence-corrected chi connectivity index (χ4v) is 2.07. The number of aryl methyl sites for hydroxylation is 1. The lowest BCUT2D eigenvalue weighted by Crippen LogP contribution is -2.32. The van der Waals surface area contributed by atoms with E-state index in [0.29, 0.717) is 5.75 Å². The summed E-state index contributed by atoms with van der Waals surface area (Å²) >= 11 is 0. The van der Waals surface area contributed by atoms with Crippen molar-refractivity contribution in [3.05, 3.63) is 54.1 Å². The van der Waals surface area contributed by atoms with E-state index in [1.165, 1.54) is 0 Å². The number of nitrogens with one attached hydrogen (secondary N) is 2. The number of amides is 2. The van der Waals surface area contributed by atoms with Crippen LogP contribution < -0.4 is 21.1 Å². The van der Waals surface area contributed by atoms with Gasteiger partial charge in [0.2, 0.25) is 5.91 Å². The van der Waals surface area contributed by atoms with E-state index >= 15 is 0 Å². The summed E-state index contributed by atoms with van der Waals surface area (Å²) < 4.78 is 5.19. The third kappa shape index (κ3) is 5.01. The van der Waals surface area contributed by atoms with Gasteiger partial charge in [-0.3, -0.25) is 9.59 Å². The fraction of sp³-hybridized carbons (Fsp3) is 0.222. The summed E-state index contributed by atoms with van der Waals surface area (Å²) in [5.41, 5.74) is 7.60. The van der Waals surface area contributed by atoms with Crippen LogP contribution in [0.1, 0.15) is 12.5 Å². The first-order chi connectivity index (χ1) is 11.5. The molecular formula is C18H21N3O3. The Morgan fingerprint density at radius 1 is 1.12 bits per heavy atom. The molecule has 0 aliphatic rings. The van der Waals surface area contributed by atoms with Crippen molar-refractivity contribution in [2.24, 2.45) is 5.73 Å². The van der Waals surface area contributed by atoms with Gasteiger partial charge in [-0.2, -0.15) is 0 Å². The van der Waals surface area contributed by atoms with Crippen LogP contribution in [-0.2, 0) is 9.59 Å². The number of benzene rings is 2. The molecule has 0 aliphatic heterocycles. The van der Waals surface area contributed by atoms with Gasteiger partial charge in [0.15, 0.2) is 6.61 Å². The number of carbonyl (C=O) groups excluding carboxylic acids is 2. The van der Waals surface area contributed by atoms with Crippen molar-refractivity contribution >= 4 is 23.2 Å². The Bertz CT molecular complexity index is 714. The van der Waals surface area contributed by atoms with Crippen LogP contribution in [0.4, 0.5) is 11.4 Å². The van der Waals surface area contributed by atoms with E-state index in [9.17, 15) is 9.59 Å². The molecule has 0 fully saturated rings. The number of primary amides is 1. The van der Waals surface area contributed by atoms with Gasteiger partial charge in [-0.05, 0) is 49.7 Å². The van der Waals surface area contributed by atoms with Gasteiger partial charge in [-0.1, -0.05) is 18.2 Å². The predicted octanol–water partition coefficient (Wildman–Crippen LogP) is 2.30. The molecule has 6 heteroatoms. The summed E-state index contributed by atoms with van der Waals surface area (Å²) in [6.07, 6.45) is 0. The summed E-state index contributed by atoms with van der Waals surface area (Å²) in [6.45, 7) is 3.56. The number of para-hydroxylation sites is 1. The highest BCUT2D eigenvalue weighted by Crippen LogP contribution is 2.17. The van der Waals surface area contributed by atoms with Gasteiger partial charge >= 0.3 is 0 Å². The lowest BCUT2D eigenvalue weighted by atomic mass is 10.2. The third-order valence-corrected chi connectivity index (χ3v) is 3.41. The minimum absolute atomic E-state index is 0.127. The van der Waals surface area contributed by atoms with Crippen LogP contribution in [0.5, 0.6) is 5.75 Å². The number of hydrogen-bond donors (Lipinski definition) is 3. The normalized spacial score (nSPS) is 11.4. The molecule has 0 aliphatic carbocycles. The molecule has 24 heavy (non-hydrogen) atoms. The maximum atomic E-state index is 12.3. The number of carbonyl (C=O) groups is 2. The molecule has 2 aromatic carbocycles. The van der Waals surface area contributed by atoms with Crippen LogP contribution >= 0.6 is 0 Å². The molecule has 0 spiro atoms. The third-order valence-electron chi connectivity index (χ3n) is 3.41. The van der Waals surface area contributed by atoms with E-state index in [0.717, 1.165) is 16.9 Å². The van der Waals surface area contributed by atoms with Crippen molar-refractivity contribution < 1.29 is 14.3 Å². The molecule has 126 valence electrons. The number of anilines is 2. The Labute approximate surface area is 141 Å². The maximum Gasteiger partial charge on any atom is 0.255 e. The number of ether oxygens (including phenoxy) is 1. The molecule has 2 aromatic rings. The Morgan fingerprint density at radius 3 is 2.42 bits per heavy atom. The maximum absolute atomic E-state index is 12.3. The van der Waals surface area contributed by atoms with Crippen LogP contribution in [0.15, 0.2) is 48.5 Å². The standard InChI is InChI=1S/C18H21N3O3/c1-12-5-3-4-6-16(12)21-18(23)13(2)20-14-7-9-15(10-8-14)24-11-17(19)22/h3-10,13,20H,11H2,1-2H3,(H2,19,22)(H,21,23). The monoisotopic (exact) mass is 327 g/mol. The molecule has 1 unspecified atom stereocenters. The van der Waals surface area contributed by atoms with Gasteiger partial charge in [0, 0.05) is 11.4 Å². The Morgan fingerprint density at radius 2 is 1.79 bits per heavy atom. The van der Waals surface area contributed by atoms with Crippen molar-refractivity contribution in [3.8, 4) is 5.75 Å². The summed E-state index contributed by atoms with van der Waals surface area (Å²) in [4.78, 5) is 22.9. The van der Waals surface area contributed by atoms with E-state index in [4.69, 9.17) is 10.5 Å². The molecule has 0 saturated heterocycles. The zero-order chi connectivity index (χ0) is 17.5. The van der Waals surface area contributed by atoms with Gasteiger partial charge in [-0.15, -0.1) is 0 Å². The minimum atomic E-state index is -0.529. The van der Waals surface area contributed by atoms with Crippen LogP contribution in [0.3, 0.4) is 0 Å². The van der Waals surface area contributed by atoms with Gasteiger partial charge in [0.25, 0.3) is 5.91 Å². The number of nitrogens with two attached hydrogens (primary N) is 1. The molecule has 0 bridgehead atoms. The topological polar surface area (TPSA) is 93.4 Å². The summed E-state index contributed by atoms with van der Waals surface area (Å²) in [5, 5.41) is 6.01. The van der Waals surface area contributed by atoms with Crippen LogP contribution in [0.2, 0.25) is 0 Å². The highest BCUT2D eigenvalue weighted by atomic mass is 16.5. The molecule has 0 saturated carbocycles. The average molecular weight is 327 g/mol. The molecule has 2 amide bonds. The first kappa shape index (κ1) is 17.3. The SMILES string of the molecule is Cc1ccccc1NC(=O)C(C)Nc1ccc(OCC(N)=O)cc1. The van der Waals surface area contributed by atoms with Gasteiger partial charge in [0.05, 0.1) is 0 Å². The van der Waals surface area contributed by atoms with Crippen LogP contribution in [0.25, 0.3) is 0 Å². The predicted molar refractivity (Wildman–Crippen MR) is 94.0 cm³/mol. The first-order valence-electron chi connectivity index (χ1n) is 7.60. The smallest absolute Gasteiger partial charge is 0.255 e. The first-order valence-corrected chi connectivity index (χ1v) is 7.60. The van der Waals surface area contributed by atoms with Crippen molar-refractivity contribution in [2.75, 3.05) is 17.2 Å². The molecule has 4 N–H and O–H groups in total. The highest BCUT2D eigenvalue weighted by Gasteiger charge is 2.13. The lowest BCUT2D eigenvalue weighted by Gasteiger charge is -2.16. The quantitative estimate of drug-likeness (QED) is 0.727. The largest absolute Gasteiger partial charge is 0.484 e. The molecule has 0 heterocycles. The second kappa shape index (κ2) is 8.01. The van der Waals surface area contributed by atoms with E-state index in [-0.39, 0.29) is 12.5 Å². The Kier molecular flexibility index (Phi) is 5.78. The van der Waals surface area contributed by atoms with E-state index in [1.54, 1.807) is 31.2 Å².